The van der Waals surface area contributed by atoms with Gasteiger partial charge in [-0.3, -0.25) is 9.89 Å². The third-order valence-electron chi connectivity index (χ3n) is 1.88. The molecular weight excluding hydrogens is 182 g/mol. The van der Waals surface area contributed by atoms with E-state index in [2.05, 4.69) is 15.5 Å². The lowest BCUT2D eigenvalue weighted by molar-refractivity contribution is -0.116. The van der Waals surface area contributed by atoms with Crippen LogP contribution in [0.1, 0.15) is 25.3 Å². The number of aromatic nitrogens is 2. The van der Waals surface area contributed by atoms with Crippen LogP contribution in [0, 0.1) is 6.92 Å². The molecule has 1 atom stereocenters. The van der Waals surface area contributed by atoms with Crippen LogP contribution >= 0.6 is 0 Å². The lowest BCUT2D eigenvalue weighted by Crippen LogP contribution is -2.14. The van der Waals surface area contributed by atoms with Gasteiger partial charge in [0.2, 0.25) is 5.91 Å². The van der Waals surface area contributed by atoms with Gasteiger partial charge in [0.25, 0.3) is 0 Å². The van der Waals surface area contributed by atoms with Crippen molar-refractivity contribution in [3.05, 3.63) is 11.8 Å². The Morgan fingerprint density at radius 3 is 3.00 bits per heavy atom. The van der Waals surface area contributed by atoms with Crippen molar-refractivity contribution in [2.24, 2.45) is 0 Å². The van der Waals surface area contributed by atoms with Crippen molar-refractivity contribution in [2.45, 2.75) is 32.8 Å². The zero-order chi connectivity index (χ0) is 10.6. The highest BCUT2D eigenvalue weighted by Crippen LogP contribution is 2.09. The zero-order valence-electron chi connectivity index (χ0n) is 8.37. The van der Waals surface area contributed by atoms with Gasteiger partial charge in [-0.2, -0.15) is 5.10 Å². The molecule has 1 amide bonds. The smallest absolute Gasteiger partial charge is 0.225 e. The number of aliphatic hydroxyl groups is 1. The van der Waals surface area contributed by atoms with E-state index in [4.69, 9.17) is 5.11 Å². The average Bonchev–Trinajstić information content (AvgIpc) is 2.49. The topological polar surface area (TPSA) is 78.0 Å². The Labute approximate surface area is 82.5 Å². The van der Waals surface area contributed by atoms with Crippen LogP contribution in [0.5, 0.6) is 0 Å². The van der Waals surface area contributed by atoms with E-state index in [1.807, 2.05) is 6.92 Å². The fourth-order valence-electron chi connectivity index (χ4n) is 1.01. The Balaban J connectivity index is 2.38. The minimum Gasteiger partial charge on any atom is -0.393 e. The first-order valence-electron chi connectivity index (χ1n) is 4.57. The summed E-state index contributed by atoms with van der Waals surface area (Å²) in [7, 11) is 0. The molecule has 1 rings (SSSR count). The van der Waals surface area contributed by atoms with Crippen molar-refractivity contribution in [3.8, 4) is 0 Å². The molecule has 1 heterocycles. The van der Waals surface area contributed by atoms with Crippen molar-refractivity contribution in [3.63, 3.8) is 0 Å². The molecule has 14 heavy (non-hydrogen) atoms. The number of H-pyrrole nitrogens is 1. The highest BCUT2D eigenvalue weighted by Gasteiger charge is 2.07. The van der Waals surface area contributed by atoms with Gasteiger partial charge in [0.15, 0.2) is 0 Å². The predicted octanol–water partition coefficient (Wildman–Crippen LogP) is 0.818. The van der Waals surface area contributed by atoms with E-state index >= 15 is 0 Å². The van der Waals surface area contributed by atoms with Crippen LogP contribution in [0.2, 0.25) is 0 Å². The third-order valence-corrected chi connectivity index (χ3v) is 1.88. The summed E-state index contributed by atoms with van der Waals surface area (Å²) in [5.41, 5.74) is 0.899. The number of aryl methyl sites for hydroxylation is 1. The molecule has 78 valence electrons. The largest absolute Gasteiger partial charge is 0.393 e. The van der Waals surface area contributed by atoms with E-state index in [0.29, 0.717) is 18.7 Å². The van der Waals surface area contributed by atoms with Crippen LogP contribution in [0.25, 0.3) is 0 Å². The van der Waals surface area contributed by atoms with E-state index in [9.17, 15) is 4.79 Å². The standard InChI is InChI=1S/C9H15N3O2/c1-6-5-10-12-9(6)11-8(14)4-3-7(2)13/h5,7,13H,3-4H2,1-2H3,(H2,10,11,12,14). The molecule has 0 fully saturated rings. The summed E-state index contributed by atoms with van der Waals surface area (Å²) in [6.07, 6.45) is 1.99. The van der Waals surface area contributed by atoms with E-state index in [1.54, 1.807) is 13.1 Å². The molecule has 0 aliphatic carbocycles. The molecule has 0 radical (unpaired) electrons. The van der Waals surface area contributed by atoms with Crippen molar-refractivity contribution in [1.82, 2.24) is 10.2 Å². The van der Waals surface area contributed by atoms with E-state index in [0.717, 1.165) is 5.56 Å². The Morgan fingerprint density at radius 1 is 1.79 bits per heavy atom. The first-order chi connectivity index (χ1) is 6.59. The van der Waals surface area contributed by atoms with E-state index in [-0.39, 0.29) is 5.91 Å². The molecule has 3 N–H and O–H groups in total. The summed E-state index contributed by atoms with van der Waals surface area (Å²) >= 11 is 0. The highest BCUT2D eigenvalue weighted by molar-refractivity contribution is 5.90. The van der Waals surface area contributed by atoms with Crippen LogP contribution in [0.15, 0.2) is 6.20 Å². The third kappa shape index (κ3) is 3.18. The van der Waals surface area contributed by atoms with Gasteiger partial charge in [-0.05, 0) is 20.3 Å². The Hall–Kier alpha value is -1.36. The lowest BCUT2D eigenvalue weighted by atomic mass is 10.2. The second-order valence-corrected chi connectivity index (χ2v) is 3.36. The summed E-state index contributed by atoms with van der Waals surface area (Å²) in [5, 5.41) is 18.1. The van der Waals surface area contributed by atoms with Gasteiger partial charge in [-0.15, -0.1) is 0 Å². The van der Waals surface area contributed by atoms with Gasteiger partial charge in [0.05, 0.1) is 12.3 Å². The SMILES string of the molecule is Cc1cn[nH]c1NC(=O)CCC(C)O. The highest BCUT2D eigenvalue weighted by atomic mass is 16.3. The second-order valence-electron chi connectivity index (χ2n) is 3.36. The monoisotopic (exact) mass is 197 g/mol. The number of amides is 1. The molecule has 5 nitrogen and oxygen atoms in total. The Morgan fingerprint density at radius 2 is 2.50 bits per heavy atom. The van der Waals surface area contributed by atoms with Crippen LogP contribution < -0.4 is 5.32 Å². The van der Waals surface area contributed by atoms with Gasteiger partial charge in [0, 0.05) is 12.0 Å². The van der Waals surface area contributed by atoms with Crippen LogP contribution in [-0.4, -0.2) is 27.3 Å². The fourth-order valence-corrected chi connectivity index (χ4v) is 1.01. The normalized spacial score (nSPS) is 12.5. The summed E-state index contributed by atoms with van der Waals surface area (Å²) in [5.74, 6) is 0.513. The number of anilines is 1. The van der Waals surface area contributed by atoms with Crippen molar-refractivity contribution >= 4 is 11.7 Å². The lowest BCUT2D eigenvalue weighted by Gasteiger charge is -2.04. The van der Waals surface area contributed by atoms with E-state index < -0.39 is 6.10 Å². The minimum atomic E-state index is -0.441. The van der Waals surface area contributed by atoms with Crippen molar-refractivity contribution in [2.75, 3.05) is 5.32 Å². The first kappa shape index (κ1) is 10.7. The van der Waals surface area contributed by atoms with Gasteiger partial charge in [-0.25, -0.2) is 0 Å². The molecule has 5 heteroatoms. The number of nitrogens with one attached hydrogen (secondary N) is 2. The maximum absolute atomic E-state index is 11.3. The average molecular weight is 197 g/mol. The number of aromatic amines is 1. The quantitative estimate of drug-likeness (QED) is 0.668. The molecule has 0 spiro atoms. The van der Waals surface area contributed by atoms with Crippen LogP contribution in [-0.2, 0) is 4.79 Å². The molecule has 1 unspecified atom stereocenters. The van der Waals surface area contributed by atoms with Crippen molar-refractivity contribution in [1.29, 1.82) is 0 Å². The maximum atomic E-state index is 11.3. The first-order valence-corrected chi connectivity index (χ1v) is 4.57. The Bertz CT molecular complexity index is 307. The number of carbonyl (C=O) groups is 1. The number of hydrogen-bond acceptors (Lipinski definition) is 3. The number of carbonyl (C=O) groups excluding carboxylic acids is 1. The molecule has 0 bridgehead atoms. The maximum Gasteiger partial charge on any atom is 0.225 e. The molecular formula is C9H15N3O2. The summed E-state index contributed by atoms with van der Waals surface area (Å²) in [6.45, 7) is 3.52. The molecule has 0 aromatic carbocycles. The molecule has 0 saturated carbocycles. The Kier molecular flexibility index (Phi) is 3.64. The van der Waals surface area contributed by atoms with Crippen LogP contribution in [0.4, 0.5) is 5.82 Å². The number of hydrogen-bond donors (Lipinski definition) is 3. The molecule has 0 saturated heterocycles. The van der Waals surface area contributed by atoms with Gasteiger partial charge in [0.1, 0.15) is 5.82 Å². The van der Waals surface area contributed by atoms with Gasteiger partial charge >= 0.3 is 0 Å². The predicted molar refractivity (Wildman–Crippen MR) is 52.9 cm³/mol. The van der Waals surface area contributed by atoms with Crippen molar-refractivity contribution < 1.29 is 9.90 Å². The number of nitrogens with zero attached hydrogens (tertiary/aromatic N) is 1. The fraction of sp³-hybridized carbons (Fsp3) is 0.556. The minimum absolute atomic E-state index is 0.113. The molecule has 1 aromatic heterocycles. The number of aliphatic hydroxyl groups excluding tert-OH is 1. The second kappa shape index (κ2) is 4.76. The summed E-state index contributed by atoms with van der Waals surface area (Å²) in [6, 6.07) is 0. The van der Waals surface area contributed by atoms with E-state index in [1.165, 1.54) is 0 Å². The molecule has 0 aliphatic rings. The zero-order valence-corrected chi connectivity index (χ0v) is 8.37. The van der Waals surface area contributed by atoms with Gasteiger partial charge < -0.3 is 10.4 Å². The summed E-state index contributed by atoms with van der Waals surface area (Å²) < 4.78 is 0. The molecule has 0 aliphatic heterocycles. The van der Waals surface area contributed by atoms with Crippen LogP contribution in [0.3, 0.4) is 0 Å². The summed E-state index contributed by atoms with van der Waals surface area (Å²) in [4.78, 5) is 11.3. The molecule has 1 aromatic rings. The number of rotatable bonds is 4. The van der Waals surface area contributed by atoms with Gasteiger partial charge in [-0.1, -0.05) is 0 Å².